The third-order valence-electron chi connectivity index (χ3n) is 5.58. The number of alkyl halides is 3. The molecule has 1 aliphatic rings. The van der Waals surface area contributed by atoms with Crippen LogP contribution in [0.15, 0.2) is 60.7 Å². The molecule has 6 nitrogen and oxygen atoms in total. The Balaban J connectivity index is 1.48. The predicted molar refractivity (Wildman–Crippen MR) is 116 cm³/mol. The highest BCUT2D eigenvalue weighted by atomic mass is 19.4. The zero-order valence-electron chi connectivity index (χ0n) is 17.8. The van der Waals surface area contributed by atoms with E-state index in [2.05, 4.69) is 15.7 Å². The number of hydrogen-bond acceptors (Lipinski definition) is 3. The Morgan fingerprint density at radius 1 is 1.09 bits per heavy atom. The van der Waals surface area contributed by atoms with Crippen LogP contribution in [-0.2, 0) is 7.05 Å². The zero-order valence-corrected chi connectivity index (χ0v) is 17.8. The van der Waals surface area contributed by atoms with E-state index < -0.39 is 36.5 Å². The lowest BCUT2D eigenvalue weighted by Gasteiger charge is -2.20. The van der Waals surface area contributed by atoms with E-state index in [9.17, 15) is 22.4 Å². The lowest BCUT2D eigenvalue weighted by Crippen LogP contribution is -2.43. The molecule has 3 aromatic rings. The molecule has 2 amide bonds. The summed E-state index contributed by atoms with van der Waals surface area (Å²) in [5.41, 5.74) is 2.09. The highest BCUT2D eigenvalue weighted by molar-refractivity contribution is 5.89. The standard InChI is InChI=1S/C23H23F4N5O/c1-31-21(11-19(30-31)15-6-3-2-4-7-15)29-22(33)28-20-13-32(14-23(25,26)27)12-18(20)16-8-5-9-17(24)10-16/h2-11,18,20H,12-14H2,1H3,(H2,28,29,33)/t18-,20?/m0/s1. The summed E-state index contributed by atoms with van der Waals surface area (Å²) >= 11 is 0. The molecule has 2 atom stereocenters. The Morgan fingerprint density at radius 3 is 2.55 bits per heavy atom. The summed E-state index contributed by atoms with van der Waals surface area (Å²) < 4.78 is 54.1. The molecule has 0 bridgehead atoms. The van der Waals surface area contributed by atoms with Crippen LogP contribution in [0.5, 0.6) is 0 Å². The van der Waals surface area contributed by atoms with Crippen molar-refractivity contribution in [1.82, 2.24) is 20.0 Å². The number of aromatic nitrogens is 2. The van der Waals surface area contributed by atoms with Gasteiger partial charge in [0, 0.05) is 37.7 Å². The maximum atomic E-state index is 13.7. The molecule has 2 aromatic carbocycles. The van der Waals surface area contributed by atoms with Crippen molar-refractivity contribution >= 4 is 11.8 Å². The second kappa shape index (κ2) is 9.22. The molecule has 4 rings (SSSR count). The van der Waals surface area contributed by atoms with E-state index in [1.165, 1.54) is 27.8 Å². The van der Waals surface area contributed by atoms with Crippen molar-refractivity contribution < 1.29 is 22.4 Å². The van der Waals surface area contributed by atoms with Gasteiger partial charge in [-0.05, 0) is 17.7 Å². The first-order valence-electron chi connectivity index (χ1n) is 10.4. The van der Waals surface area contributed by atoms with Gasteiger partial charge in [0.2, 0.25) is 0 Å². The molecular weight excluding hydrogens is 438 g/mol. The van der Waals surface area contributed by atoms with E-state index in [0.717, 1.165) is 5.56 Å². The van der Waals surface area contributed by atoms with Crippen molar-refractivity contribution in [1.29, 1.82) is 0 Å². The number of nitrogens with zero attached hydrogens (tertiary/aromatic N) is 3. The molecule has 0 aliphatic carbocycles. The predicted octanol–water partition coefficient (Wildman–Crippen LogP) is 4.38. The van der Waals surface area contributed by atoms with Crippen molar-refractivity contribution in [2.45, 2.75) is 18.1 Å². The molecule has 2 N–H and O–H groups in total. The van der Waals surface area contributed by atoms with Crippen molar-refractivity contribution in [3.05, 3.63) is 72.0 Å². The number of urea groups is 1. The summed E-state index contributed by atoms with van der Waals surface area (Å²) in [6.45, 7) is -1.05. The Bertz CT molecular complexity index is 1120. The van der Waals surface area contributed by atoms with Gasteiger partial charge in [0.15, 0.2) is 0 Å². The van der Waals surface area contributed by atoms with Crippen LogP contribution in [0, 0.1) is 5.82 Å². The molecule has 2 heterocycles. The van der Waals surface area contributed by atoms with Crippen molar-refractivity contribution in [2.24, 2.45) is 7.05 Å². The minimum Gasteiger partial charge on any atom is -0.333 e. The largest absolute Gasteiger partial charge is 0.401 e. The van der Waals surface area contributed by atoms with E-state index in [-0.39, 0.29) is 13.1 Å². The summed E-state index contributed by atoms with van der Waals surface area (Å²) in [6.07, 6.45) is -4.37. The van der Waals surface area contributed by atoms with E-state index in [1.807, 2.05) is 30.3 Å². The Hall–Kier alpha value is -3.40. The molecule has 1 aliphatic heterocycles. The molecule has 33 heavy (non-hydrogen) atoms. The van der Waals surface area contributed by atoms with Gasteiger partial charge in [-0.1, -0.05) is 42.5 Å². The lowest BCUT2D eigenvalue weighted by atomic mass is 9.94. The minimum atomic E-state index is -4.37. The minimum absolute atomic E-state index is 0.00520. The molecule has 1 saturated heterocycles. The number of amides is 2. The third-order valence-corrected chi connectivity index (χ3v) is 5.58. The number of carbonyl (C=O) groups excluding carboxylic acids is 1. The van der Waals surface area contributed by atoms with Gasteiger partial charge in [0.1, 0.15) is 11.6 Å². The average Bonchev–Trinajstić information content (AvgIpc) is 3.30. The first-order valence-corrected chi connectivity index (χ1v) is 10.4. The quantitative estimate of drug-likeness (QED) is 0.555. The van der Waals surface area contributed by atoms with Gasteiger partial charge < -0.3 is 5.32 Å². The van der Waals surface area contributed by atoms with Crippen LogP contribution >= 0.6 is 0 Å². The molecule has 0 spiro atoms. The van der Waals surface area contributed by atoms with E-state index in [0.29, 0.717) is 17.1 Å². The number of aryl methyl sites for hydroxylation is 1. The summed E-state index contributed by atoms with van der Waals surface area (Å²) in [7, 11) is 1.68. The highest BCUT2D eigenvalue weighted by Crippen LogP contribution is 2.30. The molecular formula is C23H23F4N5O. The average molecular weight is 461 g/mol. The van der Waals surface area contributed by atoms with Crippen LogP contribution in [0.1, 0.15) is 11.5 Å². The van der Waals surface area contributed by atoms with Gasteiger partial charge >= 0.3 is 12.2 Å². The van der Waals surface area contributed by atoms with Crippen LogP contribution in [0.25, 0.3) is 11.3 Å². The number of rotatable bonds is 5. The first-order chi connectivity index (χ1) is 15.7. The van der Waals surface area contributed by atoms with Gasteiger partial charge in [-0.15, -0.1) is 0 Å². The van der Waals surface area contributed by atoms with Crippen LogP contribution in [-0.4, -0.2) is 52.6 Å². The first kappa shape index (κ1) is 22.8. The number of likely N-dealkylation sites (tertiary alicyclic amines) is 1. The maximum Gasteiger partial charge on any atom is 0.401 e. The molecule has 1 fully saturated rings. The SMILES string of the molecule is Cn1nc(-c2ccccc2)cc1NC(=O)NC1CN(CC(F)(F)F)C[C@H]1c1cccc(F)c1. The van der Waals surface area contributed by atoms with Gasteiger partial charge in [0.05, 0.1) is 18.3 Å². The Labute approximate surface area is 188 Å². The lowest BCUT2D eigenvalue weighted by molar-refractivity contribution is -0.143. The fourth-order valence-corrected chi connectivity index (χ4v) is 4.14. The number of halogens is 4. The zero-order chi connectivity index (χ0) is 23.6. The number of hydrogen-bond donors (Lipinski definition) is 2. The molecule has 174 valence electrons. The van der Waals surface area contributed by atoms with Crippen LogP contribution in [0.2, 0.25) is 0 Å². The second-order valence-electron chi connectivity index (χ2n) is 8.08. The fourth-order valence-electron chi connectivity index (χ4n) is 4.14. The molecule has 10 heteroatoms. The second-order valence-corrected chi connectivity index (χ2v) is 8.08. The van der Waals surface area contributed by atoms with Crippen LogP contribution in [0.4, 0.5) is 28.2 Å². The van der Waals surface area contributed by atoms with E-state index >= 15 is 0 Å². The fraction of sp³-hybridized carbons (Fsp3) is 0.304. The number of nitrogens with one attached hydrogen (secondary N) is 2. The monoisotopic (exact) mass is 461 g/mol. The van der Waals surface area contributed by atoms with Gasteiger partial charge in [-0.25, -0.2) is 9.18 Å². The number of anilines is 1. The number of benzene rings is 2. The molecule has 1 unspecified atom stereocenters. The Morgan fingerprint density at radius 2 is 1.85 bits per heavy atom. The van der Waals surface area contributed by atoms with Crippen LogP contribution in [0.3, 0.4) is 0 Å². The number of carbonyl (C=O) groups is 1. The topological polar surface area (TPSA) is 62.2 Å². The highest BCUT2D eigenvalue weighted by Gasteiger charge is 2.40. The Kier molecular flexibility index (Phi) is 6.37. The summed E-state index contributed by atoms with van der Waals surface area (Å²) in [5.74, 6) is -0.535. The summed E-state index contributed by atoms with van der Waals surface area (Å²) in [6, 6.07) is 15.7. The third kappa shape index (κ3) is 5.70. The smallest absolute Gasteiger partial charge is 0.333 e. The van der Waals surface area contributed by atoms with Crippen molar-refractivity contribution in [2.75, 3.05) is 25.0 Å². The van der Waals surface area contributed by atoms with Gasteiger partial charge in [0.25, 0.3) is 0 Å². The van der Waals surface area contributed by atoms with Crippen molar-refractivity contribution in [3.8, 4) is 11.3 Å². The molecule has 0 saturated carbocycles. The summed E-state index contributed by atoms with van der Waals surface area (Å²) in [5, 5.41) is 9.86. The molecule has 0 radical (unpaired) electrons. The molecule has 1 aromatic heterocycles. The van der Waals surface area contributed by atoms with E-state index in [1.54, 1.807) is 19.2 Å². The van der Waals surface area contributed by atoms with E-state index in [4.69, 9.17) is 0 Å². The normalized spacial score (nSPS) is 18.9. The van der Waals surface area contributed by atoms with Crippen LogP contribution < -0.4 is 10.6 Å². The maximum absolute atomic E-state index is 13.7. The summed E-state index contributed by atoms with van der Waals surface area (Å²) in [4.78, 5) is 13.9. The van der Waals surface area contributed by atoms with Gasteiger partial charge in [-0.3, -0.25) is 14.9 Å². The van der Waals surface area contributed by atoms with Gasteiger partial charge in [-0.2, -0.15) is 18.3 Å². The van der Waals surface area contributed by atoms with Crippen molar-refractivity contribution in [3.63, 3.8) is 0 Å².